The average molecular weight is 544 g/mol. The second-order valence-electron chi connectivity index (χ2n) is 9.62. The van der Waals surface area contributed by atoms with Crippen LogP contribution in [0.3, 0.4) is 0 Å². The number of piperazine rings is 1. The van der Waals surface area contributed by atoms with E-state index in [4.69, 9.17) is 21.3 Å². The quantitative estimate of drug-likeness (QED) is 0.344. The third-order valence-corrected chi connectivity index (χ3v) is 7.14. The van der Waals surface area contributed by atoms with Crippen LogP contribution < -0.4 is 9.64 Å². The molecule has 0 radical (unpaired) electrons. The number of amides is 1. The highest BCUT2D eigenvalue weighted by Crippen LogP contribution is 2.32. The molecule has 0 N–H and O–H groups in total. The lowest BCUT2D eigenvalue weighted by atomic mass is 10.0. The average Bonchev–Trinajstić information content (AvgIpc) is 3.36. The predicted molar refractivity (Wildman–Crippen MR) is 151 cm³/mol. The van der Waals surface area contributed by atoms with Crippen molar-refractivity contribution in [1.29, 1.82) is 5.26 Å². The highest BCUT2D eigenvalue weighted by atomic mass is 35.5. The zero-order valence-electron chi connectivity index (χ0n) is 22.2. The summed E-state index contributed by atoms with van der Waals surface area (Å²) in [4.78, 5) is 24.2. The molecule has 1 atom stereocenters. The maximum Gasteiger partial charge on any atom is 0.244 e. The van der Waals surface area contributed by atoms with E-state index in [0.717, 1.165) is 28.0 Å². The third kappa shape index (κ3) is 5.39. The Labute approximate surface area is 232 Å². The summed E-state index contributed by atoms with van der Waals surface area (Å²) in [6.45, 7) is 5.02. The number of halogens is 1. The number of hydrogen-bond donors (Lipinski definition) is 0. The fourth-order valence-electron chi connectivity index (χ4n) is 5.04. The van der Waals surface area contributed by atoms with Gasteiger partial charge in [0.2, 0.25) is 5.91 Å². The standard InChI is InChI=1S/C29H30ClN7O2/c1-4-39-24-15-25(27-22(16-31)18-33-37(27)19-24)21-8-9-26(32-17-21)35-10-12-36(13-11-35)29(38)28(34(2)3)20-6-5-7-23(30)14-20/h5-9,14-15,17-19,28H,4,10-13H2,1-3H3. The van der Waals surface area contributed by atoms with Crippen LogP contribution in [0.15, 0.2) is 61.1 Å². The number of hydrogen-bond acceptors (Lipinski definition) is 7. The molecule has 4 heterocycles. The monoisotopic (exact) mass is 543 g/mol. The molecule has 1 aromatic carbocycles. The van der Waals surface area contributed by atoms with Crippen molar-refractivity contribution in [3.8, 4) is 22.9 Å². The number of likely N-dealkylation sites (N-methyl/N-ethyl adjacent to an activating group) is 1. The summed E-state index contributed by atoms with van der Waals surface area (Å²) < 4.78 is 7.39. The molecule has 0 bridgehead atoms. The molecule has 1 saturated heterocycles. The van der Waals surface area contributed by atoms with E-state index in [2.05, 4.69) is 16.1 Å². The first kappa shape index (κ1) is 26.5. The molecule has 200 valence electrons. The minimum Gasteiger partial charge on any atom is -0.492 e. The Hall–Kier alpha value is -4.13. The van der Waals surface area contributed by atoms with E-state index in [1.807, 2.05) is 79.5 Å². The molecule has 39 heavy (non-hydrogen) atoms. The van der Waals surface area contributed by atoms with Crippen molar-refractivity contribution in [2.75, 3.05) is 51.8 Å². The summed E-state index contributed by atoms with van der Waals surface area (Å²) in [5, 5.41) is 14.5. The second-order valence-corrected chi connectivity index (χ2v) is 10.1. The van der Waals surface area contributed by atoms with Gasteiger partial charge >= 0.3 is 0 Å². The molecule has 5 rings (SSSR count). The molecule has 0 saturated carbocycles. The first-order chi connectivity index (χ1) is 18.9. The van der Waals surface area contributed by atoms with Gasteiger partial charge < -0.3 is 14.5 Å². The summed E-state index contributed by atoms with van der Waals surface area (Å²) in [6, 6.07) is 15.2. The Balaban J connectivity index is 1.32. The van der Waals surface area contributed by atoms with Gasteiger partial charge in [0.25, 0.3) is 0 Å². The summed E-state index contributed by atoms with van der Waals surface area (Å²) in [5.74, 6) is 1.58. The lowest BCUT2D eigenvalue weighted by Crippen LogP contribution is -2.51. The Kier molecular flexibility index (Phi) is 7.68. The van der Waals surface area contributed by atoms with Gasteiger partial charge in [0.1, 0.15) is 23.7 Å². The minimum absolute atomic E-state index is 0.0672. The number of nitrogens with zero attached hydrogens (tertiary/aromatic N) is 7. The van der Waals surface area contributed by atoms with Gasteiger partial charge in [0, 0.05) is 48.5 Å². The largest absolute Gasteiger partial charge is 0.492 e. The van der Waals surface area contributed by atoms with E-state index in [1.54, 1.807) is 16.9 Å². The molecule has 9 nitrogen and oxygen atoms in total. The van der Waals surface area contributed by atoms with Crippen molar-refractivity contribution >= 4 is 28.8 Å². The van der Waals surface area contributed by atoms with Gasteiger partial charge in [-0.1, -0.05) is 23.7 Å². The number of carbonyl (C=O) groups is 1. The number of ether oxygens (including phenoxy) is 1. The Morgan fingerprint density at radius 2 is 1.95 bits per heavy atom. The maximum absolute atomic E-state index is 13.5. The molecular formula is C29H30ClN7O2. The van der Waals surface area contributed by atoms with E-state index >= 15 is 0 Å². The molecule has 3 aromatic heterocycles. The zero-order chi connectivity index (χ0) is 27.5. The van der Waals surface area contributed by atoms with Crippen LogP contribution in [0.1, 0.15) is 24.1 Å². The van der Waals surface area contributed by atoms with Crippen LogP contribution in [0.2, 0.25) is 5.02 Å². The Morgan fingerprint density at radius 1 is 1.15 bits per heavy atom. The fraction of sp³-hybridized carbons (Fsp3) is 0.310. The molecule has 10 heteroatoms. The van der Waals surface area contributed by atoms with Crippen molar-refractivity contribution in [2.24, 2.45) is 0 Å². The smallest absolute Gasteiger partial charge is 0.244 e. The van der Waals surface area contributed by atoms with E-state index in [1.165, 1.54) is 0 Å². The highest BCUT2D eigenvalue weighted by Gasteiger charge is 2.30. The van der Waals surface area contributed by atoms with E-state index in [-0.39, 0.29) is 5.91 Å². The first-order valence-electron chi connectivity index (χ1n) is 12.9. The molecule has 0 aliphatic carbocycles. The van der Waals surface area contributed by atoms with Gasteiger partial charge in [-0.2, -0.15) is 10.4 Å². The second kappa shape index (κ2) is 11.3. The predicted octanol–water partition coefficient (Wildman–Crippen LogP) is 4.27. The Morgan fingerprint density at radius 3 is 2.59 bits per heavy atom. The summed E-state index contributed by atoms with van der Waals surface area (Å²) in [5.41, 5.74) is 3.80. The molecule has 1 aliphatic heterocycles. The fourth-order valence-corrected chi connectivity index (χ4v) is 5.24. The van der Waals surface area contributed by atoms with Crippen LogP contribution in [0, 0.1) is 11.3 Å². The van der Waals surface area contributed by atoms with Gasteiger partial charge in [0.05, 0.1) is 30.1 Å². The number of benzene rings is 1. The molecular weight excluding hydrogens is 514 g/mol. The molecule has 1 unspecified atom stereocenters. The lowest BCUT2D eigenvalue weighted by Gasteiger charge is -2.38. The summed E-state index contributed by atoms with van der Waals surface area (Å²) >= 11 is 6.20. The van der Waals surface area contributed by atoms with E-state index in [0.29, 0.717) is 49.1 Å². The number of anilines is 1. The number of carbonyl (C=O) groups excluding carboxylic acids is 1. The molecule has 4 aromatic rings. The molecule has 0 spiro atoms. The summed E-state index contributed by atoms with van der Waals surface area (Å²) in [7, 11) is 3.82. The zero-order valence-corrected chi connectivity index (χ0v) is 23.0. The molecule has 1 fully saturated rings. The maximum atomic E-state index is 13.5. The van der Waals surface area contributed by atoms with Crippen LogP contribution in [-0.4, -0.2) is 77.2 Å². The van der Waals surface area contributed by atoms with E-state index < -0.39 is 6.04 Å². The highest BCUT2D eigenvalue weighted by molar-refractivity contribution is 6.30. The van der Waals surface area contributed by atoms with Crippen LogP contribution >= 0.6 is 11.6 Å². The third-order valence-electron chi connectivity index (χ3n) is 6.91. The van der Waals surface area contributed by atoms with Gasteiger partial charge in [0.15, 0.2) is 0 Å². The first-order valence-corrected chi connectivity index (χ1v) is 13.2. The number of fused-ring (bicyclic) bond motifs is 1. The number of aromatic nitrogens is 3. The van der Waals surface area contributed by atoms with Crippen molar-refractivity contribution < 1.29 is 9.53 Å². The molecule has 1 aliphatic rings. The van der Waals surface area contributed by atoms with Crippen molar-refractivity contribution in [2.45, 2.75) is 13.0 Å². The Bertz CT molecular complexity index is 1520. The van der Waals surface area contributed by atoms with Crippen LogP contribution in [0.4, 0.5) is 5.82 Å². The minimum atomic E-state index is -0.390. The van der Waals surface area contributed by atoms with Gasteiger partial charge in [-0.3, -0.25) is 9.69 Å². The van der Waals surface area contributed by atoms with Gasteiger partial charge in [-0.25, -0.2) is 9.50 Å². The van der Waals surface area contributed by atoms with Crippen molar-refractivity contribution in [3.05, 3.63) is 77.2 Å². The van der Waals surface area contributed by atoms with E-state index in [9.17, 15) is 10.1 Å². The number of rotatable bonds is 7. The van der Waals surface area contributed by atoms with Crippen molar-refractivity contribution in [3.63, 3.8) is 0 Å². The SMILES string of the molecule is CCOc1cc(-c2ccc(N3CCN(C(=O)C(c4cccc(Cl)c4)N(C)C)CC3)nc2)c2c(C#N)cnn2c1. The lowest BCUT2D eigenvalue weighted by molar-refractivity contribution is -0.136. The number of pyridine rings is 2. The van der Waals surface area contributed by atoms with Crippen molar-refractivity contribution in [1.82, 2.24) is 24.4 Å². The molecule has 1 amide bonds. The van der Waals surface area contributed by atoms with Crippen LogP contribution in [0.25, 0.3) is 16.6 Å². The van der Waals surface area contributed by atoms with Crippen LogP contribution in [-0.2, 0) is 4.79 Å². The van der Waals surface area contributed by atoms with Crippen LogP contribution in [0.5, 0.6) is 5.75 Å². The number of nitriles is 1. The normalized spacial score (nSPS) is 14.5. The van der Waals surface area contributed by atoms with Gasteiger partial charge in [-0.15, -0.1) is 0 Å². The van der Waals surface area contributed by atoms with Gasteiger partial charge in [-0.05, 0) is 56.9 Å². The topological polar surface area (TPSA) is 90.0 Å². The summed E-state index contributed by atoms with van der Waals surface area (Å²) in [6.07, 6.45) is 5.15.